The fourth-order valence-electron chi connectivity index (χ4n) is 1.46. The number of nitrogens with one attached hydrogen (secondary N) is 1. The van der Waals surface area contributed by atoms with Gasteiger partial charge < -0.3 is 10.1 Å². The van der Waals surface area contributed by atoms with E-state index in [0.717, 1.165) is 0 Å². The Balaban J connectivity index is 1.77. The van der Waals surface area contributed by atoms with Crippen LogP contribution in [0, 0.1) is 0 Å². The highest BCUT2D eigenvalue weighted by molar-refractivity contribution is 6.32. The zero-order valence-corrected chi connectivity index (χ0v) is 10.9. The van der Waals surface area contributed by atoms with Crippen LogP contribution in [-0.2, 0) is 4.79 Å². The monoisotopic (exact) mass is 276 g/mol. The van der Waals surface area contributed by atoms with E-state index < -0.39 is 0 Å². The standard InChI is InChI=1S/C14H13ClN2O2/c15-11-5-1-2-6-12(11)19-10-8-14(18)17-13-7-3-4-9-16-13/h1-7,9H,8,10H2,(H,16,17,18). The molecule has 0 unspecified atom stereocenters. The molecule has 1 N–H and O–H groups in total. The van der Waals surface area contributed by atoms with Gasteiger partial charge >= 0.3 is 0 Å². The van der Waals surface area contributed by atoms with Gasteiger partial charge in [0.15, 0.2) is 0 Å². The third kappa shape index (κ3) is 4.26. The molecule has 1 aromatic carbocycles. The predicted octanol–water partition coefficient (Wildman–Crippen LogP) is 3.14. The Morgan fingerprint density at radius 1 is 1.21 bits per heavy atom. The van der Waals surface area contributed by atoms with E-state index in [1.54, 1.807) is 30.5 Å². The van der Waals surface area contributed by atoms with Crippen LogP contribution in [-0.4, -0.2) is 17.5 Å². The van der Waals surface area contributed by atoms with Gasteiger partial charge in [-0.3, -0.25) is 4.79 Å². The fraction of sp³-hybridized carbons (Fsp3) is 0.143. The molecule has 2 rings (SSSR count). The lowest BCUT2D eigenvalue weighted by molar-refractivity contribution is -0.116. The van der Waals surface area contributed by atoms with Gasteiger partial charge in [-0.25, -0.2) is 4.98 Å². The van der Waals surface area contributed by atoms with Gasteiger partial charge in [0.05, 0.1) is 18.1 Å². The number of amides is 1. The molecule has 0 saturated heterocycles. The first-order chi connectivity index (χ1) is 9.25. The topological polar surface area (TPSA) is 51.2 Å². The summed E-state index contributed by atoms with van der Waals surface area (Å²) in [5, 5.41) is 3.21. The van der Waals surface area contributed by atoms with E-state index in [1.165, 1.54) is 0 Å². The zero-order chi connectivity index (χ0) is 13.5. The first kappa shape index (κ1) is 13.4. The molecule has 0 saturated carbocycles. The van der Waals surface area contributed by atoms with Gasteiger partial charge in [-0.05, 0) is 24.3 Å². The number of pyridine rings is 1. The lowest BCUT2D eigenvalue weighted by Gasteiger charge is -2.07. The number of rotatable bonds is 5. The molecule has 0 bridgehead atoms. The van der Waals surface area contributed by atoms with Crippen molar-refractivity contribution in [2.24, 2.45) is 0 Å². The van der Waals surface area contributed by atoms with Crippen LogP contribution in [0.15, 0.2) is 48.7 Å². The smallest absolute Gasteiger partial charge is 0.228 e. The molecule has 19 heavy (non-hydrogen) atoms. The van der Waals surface area contributed by atoms with Crippen LogP contribution in [0.25, 0.3) is 0 Å². The molecule has 4 nitrogen and oxygen atoms in total. The summed E-state index contributed by atoms with van der Waals surface area (Å²) in [6.07, 6.45) is 1.86. The number of para-hydroxylation sites is 1. The highest BCUT2D eigenvalue weighted by Crippen LogP contribution is 2.23. The summed E-state index contributed by atoms with van der Waals surface area (Å²) in [6, 6.07) is 12.5. The lowest BCUT2D eigenvalue weighted by atomic mass is 10.3. The number of benzene rings is 1. The van der Waals surface area contributed by atoms with Gasteiger partial charge in [-0.2, -0.15) is 0 Å². The van der Waals surface area contributed by atoms with Crippen molar-refractivity contribution in [3.63, 3.8) is 0 Å². The third-order valence-corrected chi connectivity index (χ3v) is 2.67. The van der Waals surface area contributed by atoms with Crippen LogP contribution in [0.5, 0.6) is 5.75 Å². The maximum atomic E-state index is 11.6. The second kappa shape index (κ2) is 6.75. The molecule has 0 aliphatic rings. The van der Waals surface area contributed by atoms with Crippen LogP contribution in [0.4, 0.5) is 5.82 Å². The number of nitrogens with zero attached hydrogens (tertiary/aromatic N) is 1. The van der Waals surface area contributed by atoms with Gasteiger partial charge in [-0.1, -0.05) is 29.8 Å². The summed E-state index contributed by atoms with van der Waals surface area (Å²) in [4.78, 5) is 15.6. The molecular weight excluding hydrogens is 264 g/mol. The van der Waals surface area contributed by atoms with Crippen molar-refractivity contribution in [3.05, 3.63) is 53.7 Å². The second-order valence-corrected chi connectivity index (χ2v) is 4.20. The van der Waals surface area contributed by atoms with Gasteiger partial charge in [0.2, 0.25) is 5.91 Å². The van der Waals surface area contributed by atoms with Crippen LogP contribution in [0.2, 0.25) is 5.02 Å². The third-order valence-electron chi connectivity index (χ3n) is 2.36. The van der Waals surface area contributed by atoms with Gasteiger partial charge in [0, 0.05) is 6.20 Å². The van der Waals surface area contributed by atoms with Crippen molar-refractivity contribution < 1.29 is 9.53 Å². The van der Waals surface area contributed by atoms with Crippen molar-refractivity contribution in [1.82, 2.24) is 4.98 Å². The van der Waals surface area contributed by atoms with Crippen molar-refractivity contribution in [2.75, 3.05) is 11.9 Å². The fourth-order valence-corrected chi connectivity index (χ4v) is 1.65. The second-order valence-electron chi connectivity index (χ2n) is 3.79. The number of hydrogen-bond acceptors (Lipinski definition) is 3. The highest BCUT2D eigenvalue weighted by Gasteiger charge is 2.04. The Hall–Kier alpha value is -2.07. The van der Waals surface area contributed by atoms with Crippen molar-refractivity contribution >= 4 is 23.3 Å². The zero-order valence-electron chi connectivity index (χ0n) is 10.2. The molecule has 1 amide bonds. The molecule has 0 spiro atoms. The normalized spacial score (nSPS) is 9.95. The number of anilines is 1. The largest absolute Gasteiger partial charge is 0.491 e. The number of aromatic nitrogens is 1. The quantitative estimate of drug-likeness (QED) is 0.913. The van der Waals surface area contributed by atoms with Crippen LogP contribution in [0.3, 0.4) is 0 Å². The van der Waals surface area contributed by atoms with E-state index in [9.17, 15) is 4.79 Å². The molecule has 1 aromatic heterocycles. The summed E-state index contributed by atoms with van der Waals surface area (Å²) >= 11 is 5.93. The van der Waals surface area contributed by atoms with Crippen LogP contribution in [0.1, 0.15) is 6.42 Å². The van der Waals surface area contributed by atoms with Crippen molar-refractivity contribution in [1.29, 1.82) is 0 Å². The van der Waals surface area contributed by atoms with E-state index in [4.69, 9.17) is 16.3 Å². The molecule has 0 aliphatic heterocycles. The SMILES string of the molecule is O=C(CCOc1ccccc1Cl)Nc1ccccn1. The van der Waals surface area contributed by atoms with E-state index in [1.807, 2.05) is 18.2 Å². The number of hydrogen-bond donors (Lipinski definition) is 1. The molecule has 98 valence electrons. The average Bonchev–Trinajstić information content (AvgIpc) is 2.42. The minimum atomic E-state index is -0.147. The summed E-state index contributed by atoms with van der Waals surface area (Å²) in [6.45, 7) is 0.266. The minimum absolute atomic E-state index is 0.147. The first-order valence-corrected chi connectivity index (χ1v) is 6.22. The molecule has 0 fully saturated rings. The molecule has 2 aromatic rings. The molecule has 5 heteroatoms. The van der Waals surface area contributed by atoms with E-state index in [-0.39, 0.29) is 18.9 Å². The summed E-state index contributed by atoms with van der Waals surface area (Å²) < 4.78 is 5.43. The van der Waals surface area contributed by atoms with Gasteiger partial charge in [-0.15, -0.1) is 0 Å². The molecule has 1 heterocycles. The number of halogens is 1. The van der Waals surface area contributed by atoms with E-state index in [2.05, 4.69) is 10.3 Å². The predicted molar refractivity (Wildman–Crippen MR) is 74.4 cm³/mol. The summed E-state index contributed by atoms with van der Waals surface area (Å²) in [5.74, 6) is 0.964. The van der Waals surface area contributed by atoms with Gasteiger partial charge in [0.25, 0.3) is 0 Å². The van der Waals surface area contributed by atoms with Gasteiger partial charge in [0.1, 0.15) is 11.6 Å². The number of carbonyl (C=O) groups excluding carboxylic acids is 1. The molecular formula is C14H13ClN2O2. The Kier molecular flexibility index (Phi) is 4.75. The van der Waals surface area contributed by atoms with Crippen LogP contribution >= 0.6 is 11.6 Å². The lowest BCUT2D eigenvalue weighted by Crippen LogP contribution is -2.15. The Labute approximate surface area is 116 Å². The number of carbonyl (C=O) groups is 1. The highest BCUT2D eigenvalue weighted by atomic mass is 35.5. The average molecular weight is 277 g/mol. The molecule has 0 aliphatic carbocycles. The minimum Gasteiger partial charge on any atom is -0.491 e. The summed E-state index contributed by atoms with van der Waals surface area (Å²) in [5.41, 5.74) is 0. The first-order valence-electron chi connectivity index (χ1n) is 5.84. The van der Waals surface area contributed by atoms with E-state index in [0.29, 0.717) is 16.6 Å². The maximum absolute atomic E-state index is 11.6. The molecule has 0 radical (unpaired) electrons. The molecule has 0 atom stereocenters. The van der Waals surface area contributed by atoms with E-state index >= 15 is 0 Å². The Morgan fingerprint density at radius 2 is 2.00 bits per heavy atom. The summed E-state index contributed by atoms with van der Waals surface area (Å²) in [7, 11) is 0. The van der Waals surface area contributed by atoms with Crippen molar-refractivity contribution in [3.8, 4) is 5.75 Å². The number of ether oxygens (including phenoxy) is 1. The Morgan fingerprint density at radius 3 is 2.74 bits per heavy atom. The van der Waals surface area contributed by atoms with Crippen LogP contribution < -0.4 is 10.1 Å². The van der Waals surface area contributed by atoms with Crippen molar-refractivity contribution in [2.45, 2.75) is 6.42 Å². The Bertz CT molecular complexity index is 546. The maximum Gasteiger partial charge on any atom is 0.228 e.